The van der Waals surface area contributed by atoms with Crippen molar-refractivity contribution in [2.75, 3.05) is 37.4 Å². The van der Waals surface area contributed by atoms with Crippen LogP contribution in [0.3, 0.4) is 0 Å². The molecule has 14 nitrogen and oxygen atoms in total. The third kappa shape index (κ3) is 12.2. The molecule has 5 rings (SSSR count). The van der Waals surface area contributed by atoms with Crippen molar-refractivity contribution in [2.24, 2.45) is 16.7 Å². The van der Waals surface area contributed by atoms with E-state index >= 15 is 0 Å². The zero-order valence-electron chi connectivity index (χ0n) is 32.0. The maximum Gasteiger partial charge on any atom is 0.313 e. The molecule has 1 saturated heterocycles. The first-order valence-corrected chi connectivity index (χ1v) is 18.5. The fraction of sp³-hybridized carbons (Fsp3) is 0.658. The Bertz CT molecular complexity index is 1600. The lowest BCUT2D eigenvalue weighted by Crippen LogP contribution is -2.40. The van der Waals surface area contributed by atoms with Crippen LogP contribution in [-0.4, -0.2) is 74.6 Å². The second-order valence-corrected chi connectivity index (χ2v) is 15.4. The minimum Gasteiger partial charge on any atom is -0.437 e. The number of aryl methyl sites for hydroxylation is 1. The number of tetrazole rings is 1. The van der Waals surface area contributed by atoms with Crippen molar-refractivity contribution in [2.45, 2.75) is 118 Å². The number of nitrogens with zero attached hydrogens (tertiary/aromatic N) is 7. The topological polar surface area (TPSA) is 188 Å². The molecule has 4 heterocycles. The smallest absolute Gasteiger partial charge is 0.313 e. The van der Waals surface area contributed by atoms with Crippen molar-refractivity contribution < 1.29 is 19.0 Å². The molecule has 0 amide bonds. The van der Waals surface area contributed by atoms with Gasteiger partial charge in [-0.15, -0.1) is 15.0 Å². The summed E-state index contributed by atoms with van der Waals surface area (Å²) in [6.07, 6.45) is 9.15. The third-order valence-electron chi connectivity index (χ3n) is 9.28. The van der Waals surface area contributed by atoms with Gasteiger partial charge in [-0.25, -0.2) is 9.97 Å². The molecule has 1 aliphatic carbocycles. The van der Waals surface area contributed by atoms with Crippen molar-refractivity contribution >= 4 is 17.6 Å². The van der Waals surface area contributed by atoms with Gasteiger partial charge in [0.1, 0.15) is 18.2 Å². The van der Waals surface area contributed by atoms with Gasteiger partial charge in [0.05, 0.1) is 29.2 Å². The quantitative estimate of drug-likeness (QED) is 0.175. The van der Waals surface area contributed by atoms with Crippen LogP contribution in [0, 0.1) is 35.0 Å². The number of nitrogens with two attached hydrogens (primary N) is 1. The molecular formula is C38H58N10O4. The van der Waals surface area contributed by atoms with Gasteiger partial charge >= 0.3 is 5.97 Å². The highest BCUT2D eigenvalue weighted by molar-refractivity contribution is 5.75. The Morgan fingerprint density at radius 2 is 1.90 bits per heavy atom. The predicted molar refractivity (Wildman–Crippen MR) is 200 cm³/mol. The van der Waals surface area contributed by atoms with Crippen LogP contribution in [-0.2, 0) is 25.6 Å². The van der Waals surface area contributed by atoms with Gasteiger partial charge in [-0.2, -0.15) is 5.26 Å². The molecule has 2 aliphatic rings. The number of rotatable bonds is 13. The normalized spacial score (nSPS) is 17.4. The standard InChI is InChI=1S/C20H37N5O3.C18H21N5O/c1-14(2)18(28-19(26)20(4,5)6)25-23-17(22-24-25)13-27-12-15(3)21-16-10-8-7-9-11-16;1-13-10-21-16(20)9-14(13)15-3-2-4-17(23-15)22-12-18(11-19)5-7-24-8-6-18/h14-16,18,21H,7-13H2,1-6H3;2-4,9-10H,5-8,12H2,1H3,(H2,20,21)(H,22,23)/t15-,18?;/m0./s1. The van der Waals surface area contributed by atoms with E-state index in [0.717, 1.165) is 35.5 Å². The van der Waals surface area contributed by atoms with Crippen LogP contribution in [0.1, 0.15) is 104 Å². The van der Waals surface area contributed by atoms with Crippen molar-refractivity contribution in [3.05, 3.63) is 41.9 Å². The van der Waals surface area contributed by atoms with Crippen molar-refractivity contribution in [3.8, 4) is 17.3 Å². The molecule has 2 fully saturated rings. The minimum absolute atomic E-state index is 0.0222. The Labute approximate surface area is 308 Å². The summed E-state index contributed by atoms with van der Waals surface area (Å²) >= 11 is 0. The van der Waals surface area contributed by atoms with Gasteiger partial charge in [0.15, 0.2) is 0 Å². The molecule has 1 saturated carbocycles. The highest BCUT2D eigenvalue weighted by Gasteiger charge is 2.33. The van der Waals surface area contributed by atoms with Gasteiger partial charge in [-0.05, 0) is 89.3 Å². The van der Waals surface area contributed by atoms with Crippen LogP contribution in [0.4, 0.5) is 11.6 Å². The lowest BCUT2D eigenvalue weighted by Gasteiger charge is -2.30. The first kappa shape index (κ1) is 40.6. The van der Waals surface area contributed by atoms with E-state index in [0.29, 0.717) is 44.0 Å². The summed E-state index contributed by atoms with van der Waals surface area (Å²) in [7, 11) is 0. The number of hydrogen-bond acceptors (Lipinski definition) is 13. The van der Waals surface area contributed by atoms with Crippen molar-refractivity contribution in [1.82, 2.24) is 35.5 Å². The van der Waals surface area contributed by atoms with E-state index in [-0.39, 0.29) is 30.0 Å². The molecule has 0 spiro atoms. The number of nitrogen functional groups attached to an aromatic ring is 1. The third-order valence-corrected chi connectivity index (χ3v) is 9.28. The Morgan fingerprint density at radius 1 is 1.17 bits per heavy atom. The molecule has 0 bridgehead atoms. The second-order valence-electron chi connectivity index (χ2n) is 15.4. The number of aromatic nitrogens is 6. The van der Waals surface area contributed by atoms with E-state index in [2.05, 4.69) is 49.0 Å². The zero-order chi connectivity index (χ0) is 37.7. The lowest BCUT2D eigenvalue weighted by atomic mass is 9.82. The van der Waals surface area contributed by atoms with Gasteiger partial charge in [-0.1, -0.05) is 39.2 Å². The molecule has 284 valence electrons. The summed E-state index contributed by atoms with van der Waals surface area (Å²) in [5.41, 5.74) is 7.65. The van der Waals surface area contributed by atoms with Crippen molar-refractivity contribution in [3.63, 3.8) is 0 Å². The number of hydrogen-bond donors (Lipinski definition) is 3. The van der Waals surface area contributed by atoms with E-state index in [1.807, 2.05) is 65.8 Å². The van der Waals surface area contributed by atoms with E-state index in [1.54, 1.807) is 6.20 Å². The van der Waals surface area contributed by atoms with Gasteiger partial charge in [0.2, 0.25) is 12.1 Å². The van der Waals surface area contributed by atoms with E-state index in [1.165, 1.54) is 36.9 Å². The van der Waals surface area contributed by atoms with Crippen LogP contribution in [0.2, 0.25) is 0 Å². The maximum atomic E-state index is 12.2. The SMILES string of the molecule is CC(C)C(OC(=O)C(C)(C)C)n1nnc(COC[C@H](C)NC2CCCCC2)n1.Cc1cnc(N)cc1-c1cccc(NCC2(C#N)CCOCC2)n1. The average molecular weight is 719 g/mol. The Morgan fingerprint density at radius 3 is 2.58 bits per heavy atom. The molecule has 3 aromatic heterocycles. The number of pyridine rings is 2. The molecule has 4 N–H and O–H groups in total. The Balaban J connectivity index is 0.000000235. The van der Waals surface area contributed by atoms with Gasteiger partial charge in [0, 0.05) is 49.5 Å². The predicted octanol–water partition coefficient (Wildman–Crippen LogP) is 6.01. The monoisotopic (exact) mass is 718 g/mol. The van der Waals surface area contributed by atoms with Crippen LogP contribution in [0.5, 0.6) is 0 Å². The second kappa shape index (κ2) is 19.0. The highest BCUT2D eigenvalue weighted by Crippen LogP contribution is 2.31. The average Bonchev–Trinajstić information content (AvgIpc) is 3.59. The molecule has 2 atom stereocenters. The van der Waals surface area contributed by atoms with Crippen molar-refractivity contribution in [1.29, 1.82) is 5.26 Å². The molecule has 14 heteroatoms. The maximum absolute atomic E-state index is 12.2. The molecule has 0 aromatic carbocycles. The largest absolute Gasteiger partial charge is 0.437 e. The summed E-state index contributed by atoms with van der Waals surface area (Å²) in [4.78, 5) is 22.3. The van der Waals surface area contributed by atoms with Crippen LogP contribution >= 0.6 is 0 Å². The minimum atomic E-state index is -0.583. The number of carbonyl (C=O) groups excluding carboxylic acids is 1. The van der Waals surface area contributed by atoms with Crippen LogP contribution < -0.4 is 16.4 Å². The summed E-state index contributed by atoms with van der Waals surface area (Å²) in [5, 5.41) is 28.9. The molecule has 3 aromatic rings. The number of esters is 1. The van der Waals surface area contributed by atoms with Crippen LogP contribution in [0.25, 0.3) is 11.3 Å². The molecule has 52 heavy (non-hydrogen) atoms. The fourth-order valence-electron chi connectivity index (χ4n) is 6.05. The summed E-state index contributed by atoms with van der Waals surface area (Å²) < 4.78 is 16.7. The molecular weight excluding hydrogens is 660 g/mol. The summed E-state index contributed by atoms with van der Waals surface area (Å²) in [5.74, 6) is 1.45. The first-order valence-electron chi connectivity index (χ1n) is 18.5. The van der Waals surface area contributed by atoms with E-state index in [9.17, 15) is 10.1 Å². The Kier molecular flexibility index (Phi) is 14.9. The number of nitriles is 1. The Hall–Kier alpha value is -4.19. The number of carbonyl (C=O) groups is 1. The number of nitrogens with one attached hydrogen (secondary N) is 2. The molecule has 0 radical (unpaired) electrons. The fourth-order valence-corrected chi connectivity index (χ4v) is 6.05. The highest BCUT2D eigenvalue weighted by atomic mass is 16.6. The number of anilines is 2. The summed E-state index contributed by atoms with van der Waals surface area (Å²) in [6, 6.07) is 11.0. The van der Waals surface area contributed by atoms with Crippen LogP contribution in [0.15, 0.2) is 30.5 Å². The van der Waals surface area contributed by atoms with E-state index < -0.39 is 11.6 Å². The van der Waals surface area contributed by atoms with E-state index in [4.69, 9.17) is 19.9 Å². The summed E-state index contributed by atoms with van der Waals surface area (Å²) in [6.45, 7) is 16.2. The van der Waals surface area contributed by atoms with Gasteiger partial charge in [0.25, 0.3) is 0 Å². The molecule has 1 aliphatic heterocycles. The first-order chi connectivity index (χ1) is 24.8. The van der Waals surface area contributed by atoms with Gasteiger partial charge < -0.3 is 30.6 Å². The lowest BCUT2D eigenvalue weighted by molar-refractivity contribution is -0.169. The zero-order valence-corrected chi connectivity index (χ0v) is 32.0. The van der Waals surface area contributed by atoms with Gasteiger partial charge in [-0.3, -0.25) is 4.79 Å². The molecule has 1 unspecified atom stereocenters. The number of ether oxygens (including phenoxy) is 3.